The Bertz CT molecular complexity index is 2110. The minimum Gasteiger partial charge on any atom is -0.291 e. The number of nitrogens with zero attached hydrogens (tertiary/aromatic N) is 8. The number of Topliss-reactive ketones (excluding diaryl/α,β-unsaturated/α-hetero) is 1. The number of rotatable bonds is 7. The van der Waals surface area contributed by atoms with E-state index in [0.29, 0.717) is 28.6 Å². The number of halogens is 6. The molecule has 3 aromatic heterocycles. The van der Waals surface area contributed by atoms with E-state index in [0.717, 1.165) is 18.5 Å². The van der Waals surface area contributed by atoms with Crippen LogP contribution in [0.1, 0.15) is 61.1 Å². The predicted octanol–water partition coefficient (Wildman–Crippen LogP) is 7.37. The monoisotopic (exact) mass is 736 g/mol. The number of aromatic nitrogens is 6. The first-order valence-electron chi connectivity index (χ1n) is 15.6. The summed E-state index contributed by atoms with van der Waals surface area (Å²) in [7, 11) is -6.66. The van der Waals surface area contributed by atoms with Crippen molar-refractivity contribution in [2.45, 2.75) is 69.5 Å². The zero-order chi connectivity index (χ0) is 36.4. The highest BCUT2D eigenvalue weighted by molar-refractivity contribution is 7.92. The van der Waals surface area contributed by atoms with Crippen LogP contribution in [-0.4, -0.2) is 65.4 Å². The molecule has 1 aliphatic carbocycles. The Morgan fingerprint density at radius 2 is 1.76 bits per heavy atom. The summed E-state index contributed by atoms with van der Waals surface area (Å²) in [5, 5.41) is 11.2. The average Bonchev–Trinajstić information content (AvgIpc) is 3.71. The fraction of sp³-hybridized carbons (Fsp3) is 0.406. The van der Waals surface area contributed by atoms with Crippen LogP contribution in [0, 0.1) is 11.2 Å². The molecule has 4 aromatic rings. The van der Waals surface area contributed by atoms with Gasteiger partial charge in [-0.3, -0.25) is 13.8 Å². The number of hydrogen-bond donors (Lipinski definition) is 0. The summed E-state index contributed by atoms with van der Waals surface area (Å²) in [6.07, 6.45) is 0.424. The molecule has 1 saturated heterocycles. The van der Waals surface area contributed by atoms with Crippen molar-refractivity contribution in [1.82, 2.24) is 34.1 Å². The summed E-state index contributed by atoms with van der Waals surface area (Å²) < 4.78 is 106. The molecule has 2 atom stereocenters. The molecule has 1 aliphatic heterocycles. The summed E-state index contributed by atoms with van der Waals surface area (Å²) in [4.78, 5) is 18.9. The Labute approximate surface area is 285 Å². The molecule has 0 spiro atoms. The molecular weight excluding hydrogens is 703 g/mol. The van der Waals surface area contributed by atoms with Crippen molar-refractivity contribution >= 4 is 30.0 Å². The van der Waals surface area contributed by atoms with Gasteiger partial charge in [0.1, 0.15) is 11.5 Å². The number of hydrogen-bond acceptors (Lipinski definition) is 7. The molecule has 4 heterocycles. The van der Waals surface area contributed by atoms with E-state index in [1.54, 1.807) is 10.8 Å². The Balaban J connectivity index is 1.54. The smallest absolute Gasteiger partial charge is 0.291 e. The molecule has 0 amide bonds. The number of pyridine rings is 1. The topological polar surface area (TPSA) is 111 Å². The highest BCUT2D eigenvalue weighted by atomic mass is 32.2. The van der Waals surface area contributed by atoms with E-state index in [-0.39, 0.29) is 35.8 Å². The zero-order valence-electron chi connectivity index (χ0n) is 27.7. The van der Waals surface area contributed by atoms with E-state index in [1.165, 1.54) is 34.8 Å². The summed E-state index contributed by atoms with van der Waals surface area (Å²) in [6.45, 7) is 6.16. The highest BCUT2D eigenvalue weighted by Gasteiger charge is 2.52. The Kier molecular flexibility index (Phi) is 8.74. The zero-order valence-corrected chi connectivity index (χ0v) is 29.6. The largest absolute Gasteiger partial charge is 0.416 e. The lowest BCUT2D eigenvalue weighted by Gasteiger charge is -2.46. The maximum absolute atomic E-state index is 15.4. The van der Waals surface area contributed by atoms with E-state index in [1.807, 2.05) is 33.9 Å². The molecular formula is C32H34F6N8O2SSi. The van der Waals surface area contributed by atoms with Gasteiger partial charge in [0.25, 0.3) is 0 Å². The number of piperidine rings is 1. The lowest BCUT2D eigenvalue weighted by Crippen LogP contribution is -2.54. The molecule has 6 rings (SSSR count). The second-order valence-corrected chi connectivity index (χ2v) is 21.2. The third-order valence-corrected chi connectivity index (χ3v) is 17.9. The van der Waals surface area contributed by atoms with E-state index < -0.39 is 64.2 Å². The van der Waals surface area contributed by atoms with Crippen LogP contribution < -0.4 is 0 Å². The predicted molar refractivity (Wildman–Crippen MR) is 175 cm³/mol. The Morgan fingerprint density at radius 3 is 2.38 bits per heavy atom. The number of carbonyl (C=O) groups excluding carboxylic acids is 1. The number of ketones is 1. The van der Waals surface area contributed by atoms with Gasteiger partial charge in [0, 0.05) is 19.3 Å². The number of benzene rings is 1. The van der Waals surface area contributed by atoms with Crippen molar-refractivity contribution in [3.05, 3.63) is 88.9 Å². The van der Waals surface area contributed by atoms with Gasteiger partial charge in [0.05, 0.1) is 34.8 Å². The quantitative estimate of drug-likeness (QED) is 0.111. The SMILES string of the molecule is CC(C)(C)[Si](C)(C)N=S(=O)(c1cnn(C(F)F)n1)N1CCC2=Cc3c(cnn3-c3ccc(F)cc3)C[C@]2(C(=O)c2cc(C(F)(F)F)ccn2)C1. The van der Waals surface area contributed by atoms with Gasteiger partial charge in [-0.2, -0.15) is 32.1 Å². The summed E-state index contributed by atoms with van der Waals surface area (Å²) >= 11 is 0. The summed E-state index contributed by atoms with van der Waals surface area (Å²) in [5.74, 6) is -1.19. The van der Waals surface area contributed by atoms with Crippen LogP contribution in [0.3, 0.4) is 0 Å². The van der Waals surface area contributed by atoms with Crippen molar-refractivity contribution in [3.8, 4) is 5.69 Å². The molecule has 266 valence electrons. The van der Waals surface area contributed by atoms with Crippen LogP contribution in [0.25, 0.3) is 11.8 Å². The lowest BCUT2D eigenvalue weighted by atomic mass is 9.65. The number of fused-ring (bicyclic) bond motifs is 2. The highest BCUT2D eigenvalue weighted by Crippen LogP contribution is 2.48. The van der Waals surface area contributed by atoms with Gasteiger partial charge in [-0.05, 0) is 79.0 Å². The standard InChI is InChI=1S/C32H34F6N8O2SSi/c1-30(2,3)50(4,5)43-49(48,27-18-41-46(42-27)29(34)35)44-13-11-21-15-26-20(17-40-45(26)24-8-6-23(33)7-9-24)16-31(21,19-44)28(47)25-14-22(10-12-39-25)32(36,37)38/h6-10,12,14-15,17-18,29H,11,13,16,19H2,1-5H3/t31-,49?/m0/s1. The molecule has 10 nitrogen and oxygen atoms in total. The third kappa shape index (κ3) is 6.21. The van der Waals surface area contributed by atoms with Gasteiger partial charge in [-0.1, -0.05) is 26.3 Å². The van der Waals surface area contributed by atoms with Crippen LogP contribution in [0.5, 0.6) is 0 Å². The molecule has 1 unspecified atom stereocenters. The van der Waals surface area contributed by atoms with Crippen molar-refractivity contribution in [3.63, 3.8) is 0 Å². The first-order valence-corrected chi connectivity index (χ1v) is 20.0. The van der Waals surface area contributed by atoms with Gasteiger partial charge < -0.3 is 0 Å². The average molecular weight is 737 g/mol. The van der Waals surface area contributed by atoms with E-state index in [4.69, 9.17) is 4.03 Å². The molecule has 0 N–H and O–H groups in total. The van der Waals surface area contributed by atoms with Gasteiger partial charge in [0.2, 0.25) is 0 Å². The normalized spacial score (nSPS) is 19.8. The Hall–Kier alpha value is -4.16. The second-order valence-electron chi connectivity index (χ2n) is 13.9. The maximum Gasteiger partial charge on any atom is 0.416 e. The number of alkyl halides is 5. The van der Waals surface area contributed by atoms with Crippen molar-refractivity contribution in [2.24, 2.45) is 9.44 Å². The fourth-order valence-electron chi connectivity index (χ4n) is 5.95. The van der Waals surface area contributed by atoms with Crippen molar-refractivity contribution in [1.29, 1.82) is 0 Å². The summed E-state index contributed by atoms with van der Waals surface area (Å²) in [6, 6.07) is 7.08. The van der Waals surface area contributed by atoms with Gasteiger partial charge >= 0.3 is 12.7 Å². The van der Waals surface area contributed by atoms with E-state index in [9.17, 15) is 31.1 Å². The maximum atomic E-state index is 15.4. The fourth-order valence-corrected chi connectivity index (χ4v) is 11.7. The van der Waals surface area contributed by atoms with Crippen molar-refractivity contribution < 1.29 is 35.3 Å². The first kappa shape index (κ1) is 35.7. The van der Waals surface area contributed by atoms with Crippen LogP contribution in [-0.2, 0) is 22.5 Å². The lowest BCUT2D eigenvalue weighted by molar-refractivity contribution is -0.137. The molecule has 18 heteroatoms. The van der Waals surface area contributed by atoms with E-state index >= 15 is 4.21 Å². The van der Waals surface area contributed by atoms with Gasteiger partial charge in [-0.25, -0.2) is 17.6 Å². The molecule has 0 saturated carbocycles. The van der Waals surface area contributed by atoms with Crippen LogP contribution in [0.2, 0.25) is 18.1 Å². The minimum absolute atomic E-state index is 0.0371. The third-order valence-electron chi connectivity index (χ3n) is 9.68. The van der Waals surface area contributed by atoms with Gasteiger partial charge in [-0.15, -0.1) is 9.90 Å². The molecule has 0 radical (unpaired) electrons. The van der Waals surface area contributed by atoms with Crippen LogP contribution in [0.15, 0.2) is 69.6 Å². The minimum atomic E-state index is -4.75. The molecule has 50 heavy (non-hydrogen) atoms. The molecule has 1 fully saturated rings. The molecule has 2 aliphatic rings. The van der Waals surface area contributed by atoms with Crippen LogP contribution >= 0.6 is 0 Å². The Morgan fingerprint density at radius 1 is 1.06 bits per heavy atom. The first-order chi connectivity index (χ1) is 23.2. The van der Waals surface area contributed by atoms with Crippen molar-refractivity contribution in [2.75, 3.05) is 13.1 Å². The summed E-state index contributed by atoms with van der Waals surface area (Å²) in [5.41, 5.74) is -0.907. The number of carbonyl (C=O) groups is 1. The molecule has 0 bridgehead atoms. The van der Waals surface area contributed by atoms with Gasteiger partial charge in [0.15, 0.2) is 29.0 Å². The molecule has 1 aromatic carbocycles. The second kappa shape index (κ2) is 12.3. The van der Waals surface area contributed by atoms with Crippen LogP contribution in [0.4, 0.5) is 26.3 Å². The van der Waals surface area contributed by atoms with E-state index in [2.05, 4.69) is 20.3 Å².